The van der Waals surface area contributed by atoms with E-state index >= 15 is 0 Å². The average molecular weight is 632 g/mol. The number of nitrogens with one attached hydrogen (secondary N) is 3. The number of Topliss-reactive ketones (excluding diaryl/α,β-unsaturated/α-hetero) is 1. The van der Waals surface area contributed by atoms with Gasteiger partial charge in [-0.05, 0) is 85.6 Å². The summed E-state index contributed by atoms with van der Waals surface area (Å²) in [6, 6.07) is 29.4. The Morgan fingerprint density at radius 2 is 1.65 bits per heavy atom. The minimum Gasteiger partial charge on any atom is -0.317 e. The molecule has 0 radical (unpaired) electrons. The van der Waals surface area contributed by atoms with Gasteiger partial charge in [-0.3, -0.25) is 10.1 Å². The van der Waals surface area contributed by atoms with E-state index in [1.807, 2.05) is 91.9 Å². The fourth-order valence-corrected chi connectivity index (χ4v) is 6.78. The second-order valence-electron chi connectivity index (χ2n) is 13.1. The van der Waals surface area contributed by atoms with Crippen molar-refractivity contribution < 1.29 is 9.59 Å². The van der Waals surface area contributed by atoms with Crippen molar-refractivity contribution >= 4 is 34.7 Å². The summed E-state index contributed by atoms with van der Waals surface area (Å²) in [6.45, 7) is 10.1. The topological polar surface area (TPSA) is 88.1 Å². The summed E-state index contributed by atoms with van der Waals surface area (Å²) in [4.78, 5) is 28.8. The Balaban J connectivity index is 1.24. The van der Waals surface area contributed by atoms with Gasteiger partial charge in [0.25, 0.3) is 0 Å². The second kappa shape index (κ2) is 13.4. The van der Waals surface area contributed by atoms with Crippen LogP contribution in [0.1, 0.15) is 66.7 Å². The van der Waals surface area contributed by atoms with Crippen molar-refractivity contribution in [3.63, 3.8) is 0 Å². The lowest BCUT2D eigenvalue weighted by Crippen LogP contribution is -2.33. The molecular formula is C38H41N5O2S. The number of urea groups is 1. The number of hydrogen-bond donors (Lipinski definition) is 3. The maximum absolute atomic E-state index is 14.2. The van der Waals surface area contributed by atoms with Gasteiger partial charge in [-0.15, -0.1) is 11.3 Å². The third kappa shape index (κ3) is 7.14. The third-order valence-electron chi connectivity index (χ3n) is 8.61. The minimum absolute atomic E-state index is 0.114. The van der Waals surface area contributed by atoms with Crippen LogP contribution in [0.15, 0.2) is 96.4 Å². The SMILES string of the molecule is Cc1ccc(-n2nc(C(C)(C)C)cc2NC(=O)Nc2cccc(C(C(=O)c3ccc(-c4cccs4)cc3)C3CCNCC3)c2)cc1. The van der Waals surface area contributed by atoms with E-state index in [0.29, 0.717) is 17.1 Å². The van der Waals surface area contributed by atoms with Gasteiger partial charge in [0.1, 0.15) is 5.82 Å². The van der Waals surface area contributed by atoms with Gasteiger partial charge in [-0.2, -0.15) is 5.10 Å². The van der Waals surface area contributed by atoms with Crippen molar-refractivity contribution in [2.45, 2.75) is 51.9 Å². The van der Waals surface area contributed by atoms with E-state index in [2.05, 4.69) is 48.2 Å². The molecule has 1 fully saturated rings. The number of ketones is 1. The largest absolute Gasteiger partial charge is 0.324 e. The van der Waals surface area contributed by atoms with Crippen LogP contribution in [0.4, 0.5) is 16.3 Å². The lowest BCUT2D eigenvalue weighted by Gasteiger charge is -2.30. The molecule has 7 nitrogen and oxygen atoms in total. The van der Waals surface area contributed by atoms with E-state index in [0.717, 1.165) is 54.0 Å². The van der Waals surface area contributed by atoms with Crippen LogP contribution in [0.25, 0.3) is 16.1 Å². The van der Waals surface area contributed by atoms with E-state index in [1.54, 1.807) is 16.0 Å². The Labute approximate surface area is 275 Å². The van der Waals surface area contributed by atoms with Crippen molar-refractivity contribution in [1.82, 2.24) is 15.1 Å². The van der Waals surface area contributed by atoms with E-state index in [9.17, 15) is 9.59 Å². The molecule has 46 heavy (non-hydrogen) atoms. The Morgan fingerprint density at radius 3 is 2.33 bits per heavy atom. The molecule has 1 aliphatic heterocycles. The Hall–Kier alpha value is -4.53. The summed E-state index contributed by atoms with van der Waals surface area (Å²) < 4.78 is 1.77. The van der Waals surface area contributed by atoms with Gasteiger partial charge in [0.2, 0.25) is 0 Å². The van der Waals surface area contributed by atoms with Crippen molar-refractivity contribution in [2.24, 2.45) is 5.92 Å². The van der Waals surface area contributed by atoms with E-state index in [1.165, 1.54) is 4.88 Å². The van der Waals surface area contributed by atoms with Crippen LogP contribution in [0.2, 0.25) is 0 Å². The second-order valence-corrected chi connectivity index (χ2v) is 14.0. The molecule has 2 amide bonds. The highest BCUT2D eigenvalue weighted by Crippen LogP contribution is 2.36. The molecule has 2 aromatic heterocycles. The number of piperidine rings is 1. The first-order chi connectivity index (χ1) is 22.2. The molecule has 0 saturated carbocycles. The molecule has 1 aliphatic rings. The van der Waals surface area contributed by atoms with Crippen LogP contribution < -0.4 is 16.0 Å². The van der Waals surface area contributed by atoms with Gasteiger partial charge in [0, 0.05) is 27.6 Å². The van der Waals surface area contributed by atoms with Gasteiger partial charge in [0.05, 0.1) is 17.3 Å². The summed E-state index contributed by atoms with van der Waals surface area (Å²) in [5.41, 5.74) is 6.05. The van der Waals surface area contributed by atoms with Crippen LogP contribution in [0, 0.1) is 12.8 Å². The molecule has 5 aromatic rings. The molecule has 1 unspecified atom stereocenters. The van der Waals surface area contributed by atoms with Gasteiger partial charge < -0.3 is 10.6 Å². The Kier molecular flexibility index (Phi) is 9.20. The smallest absolute Gasteiger partial charge is 0.317 e. The first kappa shape index (κ1) is 31.5. The monoisotopic (exact) mass is 631 g/mol. The Morgan fingerprint density at radius 1 is 0.913 bits per heavy atom. The summed E-state index contributed by atoms with van der Waals surface area (Å²) >= 11 is 1.69. The average Bonchev–Trinajstić information content (AvgIpc) is 3.74. The van der Waals surface area contributed by atoms with Gasteiger partial charge in [0.15, 0.2) is 5.78 Å². The summed E-state index contributed by atoms with van der Waals surface area (Å²) in [6.07, 6.45) is 1.84. The maximum atomic E-state index is 14.2. The highest BCUT2D eigenvalue weighted by atomic mass is 32.1. The third-order valence-corrected chi connectivity index (χ3v) is 9.53. The fourth-order valence-electron chi connectivity index (χ4n) is 6.04. The van der Waals surface area contributed by atoms with Crippen molar-refractivity contribution in [3.8, 4) is 16.1 Å². The molecule has 236 valence electrons. The van der Waals surface area contributed by atoms with E-state index in [-0.39, 0.29) is 29.1 Å². The van der Waals surface area contributed by atoms with Crippen LogP contribution in [-0.4, -0.2) is 34.7 Å². The maximum Gasteiger partial charge on any atom is 0.324 e. The molecular weight excluding hydrogens is 591 g/mol. The molecule has 3 aromatic carbocycles. The molecule has 6 rings (SSSR count). The minimum atomic E-state index is -0.375. The summed E-state index contributed by atoms with van der Waals surface area (Å²) in [5.74, 6) is 0.588. The molecule has 1 saturated heterocycles. The van der Waals surface area contributed by atoms with Crippen molar-refractivity contribution in [3.05, 3.63) is 119 Å². The number of rotatable bonds is 8. The van der Waals surface area contributed by atoms with E-state index < -0.39 is 0 Å². The number of anilines is 2. The quantitative estimate of drug-likeness (QED) is 0.149. The highest BCUT2D eigenvalue weighted by molar-refractivity contribution is 7.13. The number of benzene rings is 3. The van der Waals surface area contributed by atoms with Gasteiger partial charge in [-0.25, -0.2) is 9.48 Å². The number of carbonyl (C=O) groups is 2. The predicted molar refractivity (Wildman–Crippen MR) is 189 cm³/mol. The lowest BCUT2D eigenvalue weighted by atomic mass is 9.76. The number of nitrogens with zero attached hydrogens (tertiary/aromatic N) is 2. The molecule has 1 atom stereocenters. The van der Waals surface area contributed by atoms with E-state index in [4.69, 9.17) is 5.10 Å². The number of hydrogen-bond acceptors (Lipinski definition) is 5. The van der Waals surface area contributed by atoms with Crippen LogP contribution in [-0.2, 0) is 5.41 Å². The predicted octanol–water partition coefficient (Wildman–Crippen LogP) is 8.82. The molecule has 0 bridgehead atoms. The fraction of sp³-hybridized carbons (Fsp3) is 0.289. The van der Waals surface area contributed by atoms with Crippen LogP contribution in [0.5, 0.6) is 0 Å². The number of aromatic nitrogens is 2. The number of thiophene rings is 1. The highest BCUT2D eigenvalue weighted by Gasteiger charge is 2.32. The zero-order valence-electron chi connectivity index (χ0n) is 26.8. The molecule has 3 heterocycles. The molecule has 0 aliphatic carbocycles. The first-order valence-corrected chi connectivity index (χ1v) is 16.8. The Bertz CT molecular complexity index is 1800. The number of carbonyl (C=O) groups excluding carboxylic acids is 2. The molecule has 3 N–H and O–H groups in total. The first-order valence-electron chi connectivity index (χ1n) is 15.9. The van der Waals surface area contributed by atoms with Crippen LogP contribution >= 0.6 is 11.3 Å². The summed E-state index contributed by atoms with van der Waals surface area (Å²) in [7, 11) is 0. The van der Waals surface area contributed by atoms with Gasteiger partial charge in [-0.1, -0.05) is 80.9 Å². The van der Waals surface area contributed by atoms with Gasteiger partial charge >= 0.3 is 6.03 Å². The number of amides is 2. The normalized spacial score (nSPS) is 14.5. The number of aryl methyl sites for hydroxylation is 1. The summed E-state index contributed by atoms with van der Waals surface area (Å²) in [5, 5.41) is 16.4. The zero-order valence-corrected chi connectivity index (χ0v) is 27.7. The lowest BCUT2D eigenvalue weighted by molar-refractivity contribution is 0.0916. The van der Waals surface area contributed by atoms with Crippen molar-refractivity contribution in [1.29, 1.82) is 0 Å². The van der Waals surface area contributed by atoms with Crippen LogP contribution in [0.3, 0.4) is 0 Å². The van der Waals surface area contributed by atoms with Crippen molar-refractivity contribution in [2.75, 3.05) is 23.7 Å². The standard InChI is InChI=1S/C38H41N5O2S/c1-25-10-16-31(17-11-25)43-34(24-33(42-43)38(2,3)4)41-37(45)40-30-8-5-7-29(23-30)35(27-18-20-39-21-19-27)36(44)28-14-12-26(13-15-28)32-9-6-22-46-32/h5-17,22-24,27,35,39H,18-21H2,1-4H3,(H2,40,41,45). The molecule has 8 heteroatoms. The zero-order chi connectivity index (χ0) is 32.3. The molecule has 0 spiro atoms.